The van der Waals surface area contributed by atoms with Crippen LogP contribution in [0.15, 0.2) is 66.6 Å². The molecule has 0 aliphatic carbocycles. The van der Waals surface area contributed by atoms with Crippen molar-refractivity contribution in [2.75, 3.05) is 6.79 Å². The van der Waals surface area contributed by atoms with E-state index in [0.29, 0.717) is 11.3 Å². The molecule has 2 aromatic rings. The molecule has 0 spiro atoms. The molecule has 0 saturated heterocycles. The molecule has 2 aromatic carbocycles. The van der Waals surface area contributed by atoms with Crippen molar-refractivity contribution < 1.29 is 19.4 Å². The molecule has 1 heterocycles. The van der Waals surface area contributed by atoms with Crippen LogP contribution >= 0.6 is 0 Å². The van der Waals surface area contributed by atoms with Crippen LogP contribution in [0.2, 0.25) is 0 Å². The van der Waals surface area contributed by atoms with Crippen LogP contribution in [-0.2, 0) is 14.3 Å². The molecule has 0 radical (unpaired) electrons. The number of carbonyl (C=O) groups is 1. The summed E-state index contributed by atoms with van der Waals surface area (Å²) in [7, 11) is 0. The molecule has 1 N–H and O–H groups in total. The van der Waals surface area contributed by atoms with E-state index in [2.05, 4.69) is 0 Å². The van der Waals surface area contributed by atoms with Crippen molar-refractivity contribution >= 4 is 5.97 Å². The van der Waals surface area contributed by atoms with Gasteiger partial charge < -0.3 is 14.6 Å². The maximum Gasteiger partial charge on any atom is 0.318 e. The monoisotopic (exact) mass is 282 g/mol. The summed E-state index contributed by atoms with van der Waals surface area (Å²) in [4.78, 5) is 11.5. The zero-order valence-corrected chi connectivity index (χ0v) is 11.2. The Labute approximate surface area is 122 Å². The predicted molar refractivity (Wildman–Crippen MR) is 77.4 cm³/mol. The number of aliphatic carboxylic acids is 1. The number of hydrogen-bond donors (Lipinski definition) is 1. The standard InChI is InChI=1S/C17H14O4/c18-17(19)16(15-10-20-11-21-15)14-8-6-13(7-9-14)12-4-2-1-3-5-12/h1-10,16H,11H2,(H,18,19). The highest BCUT2D eigenvalue weighted by Gasteiger charge is 2.28. The Kier molecular flexibility index (Phi) is 3.60. The topological polar surface area (TPSA) is 55.8 Å². The summed E-state index contributed by atoms with van der Waals surface area (Å²) in [5.41, 5.74) is 2.80. The number of benzene rings is 2. The van der Waals surface area contributed by atoms with Gasteiger partial charge in [0.05, 0.1) is 0 Å². The van der Waals surface area contributed by atoms with Gasteiger partial charge in [0.25, 0.3) is 0 Å². The molecular weight excluding hydrogens is 268 g/mol. The van der Waals surface area contributed by atoms with E-state index in [1.165, 1.54) is 6.26 Å². The van der Waals surface area contributed by atoms with Crippen LogP contribution in [0.1, 0.15) is 11.5 Å². The molecule has 0 amide bonds. The van der Waals surface area contributed by atoms with Crippen LogP contribution in [0.3, 0.4) is 0 Å². The maximum absolute atomic E-state index is 11.5. The molecule has 106 valence electrons. The lowest BCUT2D eigenvalue weighted by Gasteiger charge is -2.13. The van der Waals surface area contributed by atoms with Crippen LogP contribution in [0, 0.1) is 0 Å². The quantitative estimate of drug-likeness (QED) is 0.934. The number of ether oxygens (including phenoxy) is 2. The molecule has 21 heavy (non-hydrogen) atoms. The molecule has 1 aliphatic rings. The van der Waals surface area contributed by atoms with Gasteiger partial charge in [-0.05, 0) is 16.7 Å². The largest absolute Gasteiger partial charge is 0.480 e. The van der Waals surface area contributed by atoms with Crippen molar-refractivity contribution in [2.45, 2.75) is 5.92 Å². The molecule has 4 nitrogen and oxygen atoms in total. The predicted octanol–water partition coefficient (Wildman–Crippen LogP) is 3.37. The van der Waals surface area contributed by atoms with Gasteiger partial charge in [0.15, 0.2) is 5.76 Å². The fraction of sp³-hybridized carbons (Fsp3) is 0.118. The van der Waals surface area contributed by atoms with E-state index in [4.69, 9.17) is 9.47 Å². The van der Waals surface area contributed by atoms with Crippen molar-refractivity contribution in [1.82, 2.24) is 0 Å². The minimum atomic E-state index is -0.959. The highest BCUT2D eigenvalue weighted by Crippen LogP contribution is 2.30. The smallest absolute Gasteiger partial charge is 0.318 e. The van der Waals surface area contributed by atoms with Crippen molar-refractivity contribution in [2.24, 2.45) is 0 Å². The van der Waals surface area contributed by atoms with Crippen LogP contribution in [0.4, 0.5) is 0 Å². The number of rotatable bonds is 4. The van der Waals surface area contributed by atoms with Crippen molar-refractivity contribution in [3.05, 3.63) is 72.2 Å². The molecule has 0 aromatic heterocycles. The minimum absolute atomic E-state index is 0.0706. The highest BCUT2D eigenvalue weighted by atomic mass is 16.7. The lowest BCUT2D eigenvalue weighted by atomic mass is 9.95. The Morgan fingerprint density at radius 2 is 1.67 bits per heavy atom. The molecule has 3 rings (SSSR count). The average molecular weight is 282 g/mol. The molecule has 4 heteroatoms. The SMILES string of the molecule is O=C(O)C(C1=COCO1)c1ccc(-c2ccccc2)cc1. The van der Waals surface area contributed by atoms with Gasteiger partial charge in [-0.25, -0.2) is 0 Å². The van der Waals surface area contributed by atoms with Gasteiger partial charge >= 0.3 is 5.97 Å². The van der Waals surface area contributed by atoms with E-state index in [1.54, 1.807) is 0 Å². The van der Waals surface area contributed by atoms with Crippen molar-refractivity contribution in [3.8, 4) is 11.1 Å². The Bertz CT molecular complexity index is 659. The fourth-order valence-corrected chi connectivity index (χ4v) is 2.33. The second kappa shape index (κ2) is 5.71. The average Bonchev–Trinajstić information content (AvgIpc) is 3.03. The third kappa shape index (κ3) is 2.74. The summed E-state index contributed by atoms with van der Waals surface area (Å²) in [6.45, 7) is 0.0706. The summed E-state index contributed by atoms with van der Waals surface area (Å²) in [5, 5.41) is 9.40. The summed E-state index contributed by atoms with van der Waals surface area (Å²) < 4.78 is 10.2. The third-order valence-electron chi connectivity index (χ3n) is 3.38. The number of carboxylic acid groups (broad SMARTS) is 1. The molecule has 0 bridgehead atoms. The summed E-state index contributed by atoms with van der Waals surface area (Å²) in [6.07, 6.45) is 1.36. The minimum Gasteiger partial charge on any atom is -0.480 e. The van der Waals surface area contributed by atoms with Gasteiger partial charge in [-0.3, -0.25) is 4.79 Å². The van der Waals surface area contributed by atoms with Crippen LogP contribution in [-0.4, -0.2) is 17.9 Å². The van der Waals surface area contributed by atoms with Gasteiger partial charge in [-0.2, -0.15) is 0 Å². The highest BCUT2D eigenvalue weighted by molar-refractivity contribution is 5.80. The van der Waals surface area contributed by atoms with E-state index in [0.717, 1.165) is 11.1 Å². The fourth-order valence-electron chi connectivity index (χ4n) is 2.33. The van der Waals surface area contributed by atoms with Gasteiger partial charge in [0.1, 0.15) is 12.2 Å². The lowest BCUT2D eigenvalue weighted by molar-refractivity contribution is -0.138. The van der Waals surface area contributed by atoms with Gasteiger partial charge in [0, 0.05) is 0 Å². The Balaban J connectivity index is 1.90. The van der Waals surface area contributed by atoms with Crippen LogP contribution in [0.5, 0.6) is 0 Å². The molecular formula is C17H14O4. The maximum atomic E-state index is 11.5. The Morgan fingerprint density at radius 1 is 1.00 bits per heavy atom. The zero-order valence-electron chi connectivity index (χ0n) is 11.2. The van der Waals surface area contributed by atoms with E-state index in [-0.39, 0.29) is 6.79 Å². The van der Waals surface area contributed by atoms with Crippen molar-refractivity contribution in [3.63, 3.8) is 0 Å². The van der Waals surface area contributed by atoms with Gasteiger partial charge in [0.2, 0.25) is 6.79 Å². The summed E-state index contributed by atoms with van der Waals surface area (Å²) in [6, 6.07) is 17.4. The van der Waals surface area contributed by atoms with E-state index < -0.39 is 11.9 Å². The second-order valence-corrected chi connectivity index (χ2v) is 4.71. The molecule has 1 aliphatic heterocycles. The van der Waals surface area contributed by atoms with Gasteiger partial charge in [-0.15, -0.1) is 0 Å². The second-order valence-electron chi connectivity index (χ2n) is 4.71. The van der Waals surface area contributed by atoms with Crippen molar-refractivity contribution in [1.29, 1.82) is 0 Å². The zero-order chi connectivity index (χ0) is 14.7. The first-order valence-corrected chi connectivity index (χ1v) is 6.58. The molecule has 1 atom stereocenters. The van der Waals surface area contributed by atoms with E-state index in [1.807, 2.05) is 54.6 Å². The summed E-state index contributed by atoms with van der Waals surface area (Å²) in [5.74, 6) is -1.47. The Morgan fingerprint density at radius 3 is 2.24 bits per heavy atom. The third-order valence-corrected chi connectivity index (χ3v) is 3.38. The normalized spacial score (nSPS) is 14.8. The van der Waals surface area contributed by atoms with Gasteiger partial charge in [-0.1, -0.05) is 54.6 Å². The lowest BCUT2D eigenvalue weighted by Crippen LogP contribution is -2.14. The summed E-state index contributed by atoms with van der Waals surface area (Å²) >= 11 is 0. The van der Waals surface area contributed by atoms with Crippen LogP contribution < -0.4 is 0 Å². The molecule has 0 saturated carbocycles. The molecule has 0 fully saturated rings. The van der Waals surface area contributed by atoms with Crippen LogP contribution in [0.25, 0.3) is 11.1 Å². The number of carboxylic acids is 1. The Hall–Kier alpha value is -2.75. The van der Waals surface area contributed by atoms with E-state index in [9.17, 15) is 9.90 Å². The van der Waals surface area contributed by atoms with E-state index >= 15 is 0 Å². The first-order valence-electron chi connectivity index (χ1n) is 6.58. The first kappa shape index (κ1) is 13.2. The number of hydrogen-bond acceptors (Lipinski definition) is 3. The molecule has 1 unspecified atom stereocenters. The first-order chi connectivity index (χ1) is 10.3.